The van der Waals surface area contributed by atoms with Crippen LogP contribution in [0.4, 0.5) is 0 Å². The summed E-state index contributed by atoms with van der Waals surface area (Å²) in [6, 6.07) is 0. The van der Waals surface area contributed by atoms with E-state index >= 15 is 0 Å². The van der Waals surface area contributed by atoms with Crippen molar-refractivity contribution in [2.45, 2.75) is 12.8 Å². The second-order valence-corrected chi connectivity index (χ2v) is 2.07. The molecule has 0 aliphatic carbocycles. The number of rotatable bonds is 2. The lowest BCUT2D eigenvalue weighted by molar-refractivity contribution is 0.272. The lowest BCUT2D eigenvalue weighted by atomic mass is 10.1. The zero-order valence-corrected chi connectivity index (χ0v) is 5.47. The summed E-state index contributed by atoms with van der Waals surface area (Å²) < 4.78 is 5.06. The van der Waals surface area contributed by atoms with E-state index in [0.29, 0.717) is 0 Å². The van der Waals surface area contributed by atoms with Gasteiger partial charge in [-0.2, -0.15) is 0 Å². The summed E-state index contributed by atoms with van der Waals surface area (Å²) in [6.07, 6.45) is 7.75. The zero-order valence-electron chi connectivity index (χ0n) is 5.47. The Morgan fingerprint density at radius 2 is 2.56 bits per heavy atom. The summed E-state index contributed by atoms with van der Waals surface area (Å²) in [4.78, 5) is 0. The molecular weight excluding hydrogens is 112 g/mol. The van der Waals surface area contributed by atoms with Gasteiger partial charge in [-0.1, -0.05) is 13.0 Å². The van der Waals surface area contributed by atoms with Crippen molar-refractivity contribution in [3.63, 3.8) is 0 Å². The minimum absolute atomic E-state index is 0.756. The van der Waals surface area contributed by atoms with Crippen molar-refractivity contribution in [2.24, 2.45) is 0 Å². The molecule has 0 aromatic carbocycles. The quantitative estimate of drug-likeness (QED) is 0.546. The van der Waals surface area contributed by atoms with E-state index < -0.39 is 0 Å². The Labute approximate surface area is 56.0 Å². The van der Waals surface area contributed by atoms with Crippen LogP contribution < -0.4 is 0 Å². The van der Waals surface area contributed by atoms with Crippen LogP contribution in [0.2, 0.25) is 0 Å². The highest BCUT2D eigenvalue weighted by molar-refractivity contribution is 5.14. The molecule has 0 unspecified atom stereocenters. The van der Waals surface area contributed by atoms with Gasteiger partial charge in [0.2, 0.25) is 0 Å². The van der Waals surface area contributed by atoms with Crippen molar-refractivity contribution in [3.8, 4) is 0 Å². The molecular formula is C8H11O. The molecule has 0 amide bonds. The largest absolute Gasteiger partial charge is 0.497 e. The molecule has 1 heteroatoms. The summed E-state index contributed by atoms with van der Waals surface area (Å²) in [5.41, 5.74) is 1.34. The lowest BCUT2D eigenvalue weighted by Crippen LogP contribution is -1.96. The van der Waals surface area contributed by atoms with Crippen LogP contribution in [-0.2, 0) is 4.74 Å². The number of hydrogen-bond acceptors (Lipinski definition) is 1. The summed E-state index contributed by atoms with van der Waals surface area (Å²) >= 11 is 0. The molecule has 1 aliphatic rings. The molecule has 49 valence electrons. The third kappa shape index (κ3) is 1.92. The van der Waals surface area contributed by atoms with Crippen LogP contribution in [0.15, 0.2) is 24.0 Å². The van der Waals surface area contributed by atoms with Crippen LogP contribution in [0.3, 0.4) is 0 Å². The molecule has 1 rings (SSSR count). The van der Waals surface area contributed by atoms with E-state index in [1.54, 1.807) is 6.26 Å². The third-order valence-electron chi connectivity index (χ3n) is 1.27. The van der Waals surface area contributed by atoms with E-state index in [0.717, 1.165) is 19.4 Å². The first-order valence-corrected chi connectivity index (χ1v) is 3.19. The summed E-state index contributed by atoms with van der Waals surface area (Å²) in [7, 11) is 0. The smallest absolute Gasteiger partial charge is 0.109 e. The number of hydrogen-bond donors (Lipinski definition) is 0. The van der Waals surface area contributed by atoms with Gasteiger partial charge in [0.1, 0.15) is 6.61 Å². The molecule has 0 fully saturated rings. The lowest BCUT2D eigenvalue weighted by Gasteiger charge is -2.07. The van der Waals surface area contributed by atoms with Crippen LogP contribution in [-0.4, -0.2) is 6.61 Å². The molecule has 0 aromatic rings. The van der Waals surface area contributed by atoms with E-state index in [2.05, 4.69) is 13.0 Å². The first kappa shape index (κ1) is 6.40. The topological polar surface area (TPSA) is 9.23 Å². The summed E-state index contributed by atoms with van der Waals surface area (Å²) in [5.74, 6) is 0. The minimum Gasteiger partial charge on any atom is -0.497 e. The Morgan fingerprint density at radius 3 is 3.11 bits per heavy atom. The Morgan fingerprint density at radius 1 is 1.67 bits per heavy atom. The molecule has 0 atom stereocenters. The Bertz CT molecular complexity index is 134. The van der Waals surface area contributed by atoms with E-state index in [1.807, 2.05) is 6.08 Å². The zero-order chi connectivity index (χ0) is 6.53. The third-order valence-corrected chi connectivity index (χ3v) is 1.27. The number of allylic oxidation sites excluding steroid dienone is 2. The van der Waals surface area contributed by atoms with Gasteiger partial charge in [-0.3, -0.25) is 0 Å². The SMILES string of the molecule is [CH2]CCC1=CC=COC1. The fourth-order valence-corrected chi connectivity index (χ4v) is 0.817. The summed E-state index contributed by atoms with van der Waals surface area (Å²) in [5, 5.41) is 0. The molecule has 1 radical (unpaired) electrons. The van der Waals surface area contributed by atoms with Crippen LogP contribution in [0, 0.1) is 6.92 Å². The Hall–Kier alpha value is -0.720. The van der Waals surface area contributed by atoms with E-state index in [4.69, 9.17) is 4.74 Å². The molecule has 0 saturated carbocycles. The van der Waals surface area contributed by atoms with Crippen LogP contribution in [0.25, 0.3) is 0 Å². The van der Waals surface area contributed by atoms with Crippen molar-refractivity contribution >= 4 is 0 Å². The van der Waals surface area contributed by atoms with Crippen molar-refractivity contribution in [3.05, 3.63) is 30.9 Å². The van der Waals surface area contributed by atoms with Crippen molar-refractivity contribution < 1.29 is 4.74 Å². The van der Waals surface area contributed by atoms with E-state index in [1.165, 1.54) is 5.57 Å². The molecule has 0 aromatic heterocycles. The number of ether oxygens (including phenoxy) is 1. The van der Waals surface area contributed by atoms with Gasteiger partial charge in [0.15, 0.2) is 0 Å². The van der Waals surface area contributed by atoms with E-state index in [9.17, 15) is 0 Å². The molecule has 0 bridgehead atoms. The summed E-state index contributed by atoms with van der Waals surface area (Å²) in [6.45, 7) is 4.52. The predicted octanol–water partition coefficient (Wildman–Crippen LogP) is 2.07. The fourth-order valence-electron chi connectivity index (χ4n) is 0.817. The first-order valence-electron chi connectivity index (χ1n) is 3.19. The van der Waals surface area contributed by atoms with Crippen LogP contribution in [0.1, 0.15) is 12.8 Å². The Balaban J connectivity index is 2.38. The first-order chi connectivity index (χ1) is 4.43. The van der Waals surface area contributed by atoms with Gasteiger partial charge in [0.25, 0.3) is 0 Å². The highest BCUT2D eigenvalue weighted by Gasteiger charge is 1.96. The predicted molar refractivity (Wildman–Crippen MR) is 37.8 cm³/mol. The molecule has 0 N–H and O–H groups in total. The molecule has 0 spiro atoms. The van der Waals surface area contributed by atoms with Crippen LogP contribution >= 0.6 is 0 Å². The molecule has 1 heterocycles. The second-order valence-electron chi connectivity index (χ2n) is 2.07. The average molecular weight is 123 g/mol. The maximum Gasteiger partial charge on any atom is 0.109 e. The van der Waals surface area contributed by atoms with Gasteiger partial charge >= 0.3 is 0 Å². The van der Waals surface area contributed by atoms with Gasteiger partial charge in [0, 0.05) is 0 Å². The highest BCUT2D eigenvalue weighted by atomic mass is 16.5. The van der Waals surface area contributed by atoms with Crippen molar-refractivity contribution in [1.82, 2.24) is 0 Å². The van der Waals surface area contributed by atoms with E-state index in [-0.39, 0.29) is 0 Å². The standard InChI is InChI=1S/C8H11O/c1-2-4-8-5-3-6-9-7-8/h3,5-6H,1-2,4,7H2. The van der Waals surface area contributed by atoms with Crippen molar-refractivity contribution in [1.29, 1.82) is 0 Å². The maximum absolute atomic E-state index is 5.06. The van der Waals surface area contributed by atoms with Crippen LogP contribution in [0.5, 0.6) is 0 Å². The monoisotopic (exact) mass is 123 g/mol. The van der Waals surface area contributed by atoms with Gasteiger partial charge in [0.05, 0.1) is 6.26 Å². The van der Waals surface area contributed by atoms with Gasteiger partial charge < -0.3 is 4.74 Å². The maximum atomic E-state index is 5.06. The van der Waals surface area contributed by atoms with Gasteiger partial charge in [-0.15, -0.1) is 0 Å². The fraction of sp³-hybridized carbons (Fsp3) is 0.375. The van der Waals surface area contributed by atoms with Crippen molar-refractivity contribution in [2.75, 3.05) is 6.61 Å². The minimum atomic E-state index is 0.756. The molecule has 1 nitrogen and oxygen atoms in total. The molecule has 1 aliphatic heterocycles. The highest BCUT2D eigenvalue weighted by Crippen LogP contribution is 2.08. The molecule has 0 saturated heterocycles. The average Bonchev–Trinajstić information content (AvgIpc) is 1.91. The normalized spacial score (nSPS) is 16.8. The second kappa shape index (κ2) is 3.33. The van der Waals surface area contributed by atoms with Gasteiger partial charge in [-0.05, 0) is 24.5 Å². The van der Waals surface area contributed by atoms with Gasteiger partial charge in [-0.25, -0.2) is 0 Å². The Kier molecular flexibility index (Phi) is 2.37. The molecule has 9 heavy (non-hydrogen) atoms.